The molecule has 2 N–H and O–H groups in total. The molecule has 0 amide bonds. The van der Waals surface area contributed by atoms with Crippen LogP contribution in [0.1, 0.15) is 12.0 Å². The molecule has 82 valence electrons. The molecule has 0 heterocycles. The summed E-state index contributed by atoms with van der Waals surface area (Å²) in [5.41, 5.74) is 0.681. The van der Waals surface area contributed by atoms with Crippen molar-refractivity contribution in [1.82, 2.24) is 0 Å². The molecule has 0 aliphatic carbocycles. The number of hydrogen-bond donors (Lipinski definition) is 2. The lowest BCUT2D eigenvalue weighted by Crippen LogP contribution is -1.99. The summed E-state index contributed by atoms with van der Waals surface area (Å²) in [5, 5.41) is 18.2. The number of carboxylic acids is 1. The number of aryl methyl sites for hydroxylation is 1. The lowest BCUT2D eigenvalue weighted by atomic mass is 10.1. The van der Waals surface area contributed by atoms with Crippen molar-refractivity contribution in [2.45, 2.75) is 12.8 Å². The van der Waals surface area contributed by atoms with E-state index in [1.54, 1.807) is 12.1 Å². The van der Waals surface area contributed by atoms with E-state index < -0.39 is 5.97 Å². The number of aromatic hydroxyl groups is 1. The fourth-order valence-corrected chi connectivity index (χ4v) is 1.57. The number of aliphatic carboxylic acids is 1. The first kappa shape index (κ1) is 11.8. The van der Waals surface area contributed by atoms with Crippen LogP contribution in [0.5, 0.6) is 11.5 Å². The quantitative estimate of drug-likeness (QED) is 0.883. The van der Waals surface area contributed by atoms with Crippen LogP contribution >= 0.6 is 15.9 Å². The van der Waals surface area contributed by atoms with Crippen molar-refractivity contribution in [2.75, 3.05) is 7.11 Å². The Bertz CT molecular complexity index is 376. The number of phenolic OH excluding ortho intramolecular Hbond substituents is 1. The Morgan fingerprint density at radius 1 is 1.53 bits per heavy atom. The summed E-state index contributed by atoms with van der Waals surface area (Å²) in [4.78, 5) is 10.4. The summed E-state index contributed by atoms with van der Waals surface area (Å²) in [7, 11) is 1.44. The maximum atomic E-state index is 10.4. The highest BCUT2D eigenvalue weighted by Gasteiger charge is 2.12. The van der Waals surface area contributed by atoms with Gasteiger partial charge < -0.3 is 14.9 Å². The molecule has 1 aromatic carbocycles. The van der Waals surface area contributed by atoms with Crippen LogP contribution in [-0.2, 0) is 11.2 Å². The highest BCUT2D eigenvalue weighted by molar-refractivity contribution is 9.10. The van der Waals surface area contributed by atoms with E-state index in [0.717, 1.165) is 0 Å². The molecule has 0 aromatic heterocycles. The van der Waals surface area contributed by atoms with Crippen molar-refractivity contribution >= 4 is 21.9 Å². The molecule has 0 saturated carbocycles. The average molecular weight is 275 g/mol. The van der Waals surface area contributed by atoms with Gasteiger partial charge in [0.25, 0.3) is 0 Å². The first-order chi connectivity index (χ1) is 7.06. The number of hydrogen-bond acceptors (Lipinski definition) is 3. The zero-order valence-electron chi connectivity index (χ0n) is 8.16. The molecule has 0 aliphatic heterocycles. The summed E-state index contributed by atoms with van der Waals surface area (Å²) >= 11 is 3.15. The van der Waals surface area contributed by atoms with Crippen LogP contribution in [0.2, 0.25) is 0 Å². The predicted molar refractivity (Wildman–Crippen MR) is 58.3 cm³/mol. The van der Waals surface area contributed by atoms with E-state index in [2.05, 4.69) is 15.9 Å². The summed E-state index contributed by atoms with van der Waals surface area (Å²) in [6.07, 6.45) is 0.344. The molecule has 4 nitrogen and oxygen atoms in total. The Kier molecular flexibility index (Phi) is 3.96. The van der Waals surface area contributed by atoms with E-state index in [1.165, 1.54) is 7.11 Å². The molecule has 15 heavy (non-hydrogen) atoms. The SMILES string of the molecule is COc1c(CCC(=O)O)ccc(Br)c1O. The molecule has 0 spiro atoms. The monoisotopic (exact) mass is 274 g/mol. The van der Waals surface area contributed by atoms with Crippen molar-refractivity contribution in [1.29, 1.82) is 0 Å². The van der Waals surface area contributed by atoms with E-state index in [0.29, 0.717) is 22.2 Å². The van der Waals surface area contributed by atoms with Gasteiger partial charge in [0.15, 0.2) is 11.5 Å². The molecule has 0 unspecified atom stereocenters. The van der Waals surface area contributed by atoms with Crippen molar-refractivity contribution in [2.24, 2.45) is 0 Å². The van der Waals surface area contributed by atoms with Crippen LogP contribution < -0.4 is 4.74 Å². The predicted octanol–water partition coefficient (Wildman–Crippen LogP) is 2.18. The molecule has 0 radical (unpaired) electrons. The van der Waals surface area contributed by atoms with Gasteiger partial charge >= 0.3 is 5.97 Å². The largest absolute Gasteiger partial charge is 0.503 e. The first-order valence-electron chi connectivity index (χ1n) is 4.32. The summed E-state index contributed by atoms with van der Waals surface area (Å²) in [6.45, 7) is 0. The second-order valence-corrected chi connectivity index (χ2v) is 3.84. The zero-order chi connectivity index (χ0) is 11.4. The summed E-state index contributed by atoms with van der Waals surface area (Å²) < 4.78 is 5.54. The molecule has 0 bridgehead atoms. The van der Waals surface area contributed by atoms with Gasteiger partial charge in [-0.1, -0.05) is 6.07 Å². The number of rotatable bonds is 4. The zero-order valence-corrected chi connectivity index (χ0v) is 9.74. The van der Waals surface area contributed by atoms with Crippen LogP contribution in [0.4, 0.5) is 0 Å². The van der Waals surface area contributed by atoms with Crippen LogP contribution in [-0.4, -0.2) is 23.3 Å². The van der Waals surface area contributed by atoms with Gasteiger partial charge in [0.2, 0.25) is 0 Å². The number of carboxylic acid groups (broad SMARTS) is 1. The van der Waals surface area contributed by atoms with E-state index in [4.69, 9.17) is 9.84 Å². The second-order valence-electron chi connectivity index (χ2n) is 2.98. The van der Waals surface area contributed by atoms with E-state index in [9.17, 15) is 9.90 Å². The molecule has 1 aromatic rings. The van der Waals surface area contributed by atoms with E-state index in [1.807, 2.05) is 0 Å². The topological polar surface area (TPSA) is 66.8 Å². The van der Waals surface area contributed by atoms with E-state index in [-0.39, 0.29) is 12.2 Å². The highest BCUT2D eigenvalue weighted by atomic mass is 79.9. The maximum absolute atomic E-state index is 10.4. The Labute approximate surface area is 95.6 Å². The van der Waals surface area contributed by atoms with Gasteiger partial charge in [-0.15, -0.1) is 0 Å². The Morgan fingerprint density at radius 3 is 2.73 bits per heavy atom. The van der Waals surface area contributed by atoms with Gasteiger partial charge in [0, 0.05) is 6.42 Å². The number of carbonyl (C=O) groups is 1. The van der Waals surface area contributed by atoms with Crippen LogP contribution in [0, 0.1) is 0 Å². The maximum Gasteiger partial charge on any atom is 0.303 e. The van der Waals surface area contributed by atoms with Gasteiger partial charge in [-0.05, 0) is 34.0 Å². The van der Waals surface area contributed by atoms with Crippen molar-refractivity contribution < 1.29 is 19.7 Å². The van der Waals surface area contributed by atoms with Gasteiger partial charge in [-0.3, -0.25) is 4.79 Å². The minimum Gasteiger partial charge on any atom is -0.503 e. The number of methoxy groups -OCH3 is 1. The standard InChI is InChI=1S/C10H11BrO4/c1-15-10-6(3-5-8(12)13)2-4-7(11)9(10)14/h2,4,14H,3,5H2,1H3,(H,12,13). The fourth-order valence-electron chi connectivity index (χ4n) is 1.26. The number of benzene rings is 1. The third-order valence-corrected chi connectivity index (χ3v) is 2.62. The van der Waals surface area contributed by atoms with Crippen LogP contribution in [0.25, 0.3) is 0 Å². The lowest BCUT2D eigenvalue weighted by Gasteiger charge is -2.10. The lowest BCUT2D eigenvalue weighted by molar-refractivity contribution is -0.136. The Balaban J connectivity index is 2.97. The van der Waals surface area contributed by atoms with Crippen molar-refractivity contribution in [3.05, 3.63) is 22.2 Å². The minimum absolute atomic E-state index is 0.000360. The van der Waals surface area contributed by atoms with Gasteiger partial charge in [-0.25, -0.2) is 0 Å². The Hall–Kier alpha value is -1.23. The second kappa shape index (κ2) is 5.02. The average Bonchev–Trinajstić information content (AvgIpc) is 2.19. The third-order valence-electron chi connectivity index (χ3n) is 1.98. The molecular formula is C10H11BrO4. The molecule has 1 rings (SSSR count). The van der Waals surface area contributed by atoms with Crippen molar-refractivity contribution in [3.8, 4) is 11.5 Å². The number of phenols is 1. The number of halogens is 1. The minimum atomic E-state index is -0.875. The Morgan fingerprint density at radius 2 is 2.20 bits per heavy atom. The normalized spacial score (nSPS) is 10.0. The van der Waals surface area contributed by atoms with Gasteiger partial charge in [0.05, 0.1) is 11.6 Å². The number of ether oxygens (including phenoxy) is 1. The first-order valence-corrected chi connectivity index (χ1v) is 5.11. The molecule has 0 saturated heterocycles. The molecular weight excluding hydrogens is 264 g/mol. The highest BCUT2D eigenvalue weighted by Crippen LogP contribution is 2.37. The van der Waals surface area contributed by atoms with Crippen LogP contribution in [0.15, 0.2) is 16.6 Å². The smallest absolute Gasteiger partial charge is 0.303 e. The fraction of sp³-hybridized carbons (Fsp3) is 0.300. The molecule has 0 atom stereocenters. The summed E-state index contributed by atoms with van der Waals surface area (Å²) in [6, 6.07) is 3.39. The van der Waals surface area contributed by atoms with Crippen LogP contribution in [0.3, 0.4) is 0 Å². The molecule has 5 heteroatoms. The van der Waals surface area contributed by atoms with Crippen molar-refractivity contribution in [3.63, 3.8) is 0 Å². The molecule has 0 fully saturated rings. The van der Waals surface area contributed by atoms with E-state index >= 15 is 0 Å². The molecule has 0 aliphatic rings. The third kappa shape index (κ3) is 2.86. The van der Waals surface area contributed by atoms with Gasteiger partial charge in [-0.2, -0.15) is 0 Å². The summed E-state index contributed by atoms with van der Waals surface area (Å²) in [5.74, 6) is -0.550. The van der Waals surface area contributed by atoms with Gasteiger partial charge in [0.1, 0.15) is 0 Å².